The van der Waals surface area contributed by atoms with Crippen molar-refractivity contribution in [1.82, 2.24) is 24.6 Å². The number of aliphatic hydroxyl groups excluding tert-OH is 1. The molecule has 2 heterocycles. The molecule has 0 amide bonds. The van der Waals surface area contributed by atoms with Crippen molar-refractivity contribution in [2.75, 3.05) is 0 Å². The van der Waals surface area contributed by atoms with Crippen LogP contribution in [0, 0.1) is 5.82 Å². The number of tetrazole rings is 1. The van der Waals surface area contributed by atoms with Gasteiger partial charge in [0.15, 0.2) is 11.5 Å². The summed E-state index contributed by atoms with van der Waals surface area (Å²) < 4.78 is 40.3. The Labute approximate surface area is 186 Å². The first-order valence-corrected chi connectivity index (χ1v) is 10.7. The van der Waals surface area contributed by atoms with E-state index in [-0.39, 0.29) is 21.8 Å². The summed E-state index contributed by atoms with van der Waals surface area (Å²) in [6, 6.07) is 13.1. The van der Waals surface area contributed by atoms with E-state index >= 15 is 0 Å². The first-order chi connectivity index (χ1) is 15.8. The molecule has 0 aliphatic carbocycles. The maximum atomic E-state index is 13.3. The van der Waals surface area contributed by atoms with E-state index in [2.05, 4.69) is 20.6 Å². The van der Waals surface area contributed by atoms with Gasteiger partial charge in [-0.3, -0.25) is 9.59 Å². The Morgan fingerprint density at radius 1 is 1.03 bits per heavy atom. The van der Waals surface area contributed by atoms with Gasteiger partial charge in [-0.15, -0.1) is 10.2 Å². The lowest BCUT2D eigenvalue weighted by Crippen LogP contribution is -2.17. The standard InChI is InChI=1S/C21H14FN5O5S/c22-15-6-8-16(9-7-15)33(31,32)27-12-14(20(30)13-4-2-1-3-5-13)10-17(27)18(28)11-19(29)21-23-25-26-24-21/h1-12,29H,(H,23,24,25,26). The number of carbonyl (C=O) groups excluding carboxylic acids is 2. The number of carbonyl (C=O) groups is 2. The second-order valence-electron chi connectivity index (χ2n) is 6.69. The topological polar surface area (TPSA) is 148 Å². The van der Waals surface area contributed by atoms with E-state index in [1.54, 1.807) is 18.2 Å². The van der Waals surface area contributed by atoms with Crippen LogP contribution in [0.25, 0.3) is 5.76 Å². The first-order valence-electron chi connectivity index (χ1n) is 9.29. The number of allylic oxidation sites excluding steroid dienone is 1. The lowest BCUT2D eigenvalue weighted by molar-refractivity contribution is 0.103. The molecular formula is C21H14FN5O5S. The molecule has 2 aromatic carbocycles. The number of halogens is 1. The van der Waals surface area contributed by atoms with Gasteiger partial charge in [-0.1, -0.05) is 30.3 Å². The molecule has 2 N–H and O–H groups in total. The highest BCUT2D eigenvalue weighted by atomic mass is 32.2. The summed E-state index contributed by atoms with van der Waals surface area (Å²) in [6.45, 7) is 0. The van der Waals surface area contributed by atoms with Gasteiger partial charge in [-0.05, 0) is 35.5 Å². The van der Waals surface area contributed by atoms with Gasteiger partial charge >= 0.3 is 0 Å². The average Bonchev–Trinajstić information content (AvgIpc) is 3.50. The van der Waals surface area contributed by atoms with Gasteiger partial charge in [0.2, 0.25) is 11.6 Å². The molecule has 12 heteroatoms. The molecule has 0 aliphatic heterocycles. The largest absolute Gasteiger partial charge is 0.504 e. The van der Waals surface area contributed by atoms with Crippen molar-refractivity contribution in [1.29, 1.82) is 0 Å². The van der Waals surface area contributed by atoms with Gasteiger partial charge in [0.1, 0.15) is 11.5 Å². The number of nitrogens with zero attached hydrogens (tertiary/aromatic N) is 4. The number of benzene rings is 2. The average molecular weight is 467 g/mol. The van der Waals surface area contributed by atoms with Gasteiger partial charge in [0.25, 0.3) is 10.0 Å². The Morgan fingerprint density at radius 3 is 2.36 bits per heavy atom. The Bertz CT molecular complexity index is 1460. The van der Waals surface area contributed by atoms with Crippen LogP contribution < -0.4 is 0 Å². The normalized spacial score (nSPS) is 12.0. The number of ketones is 2. The van der Waals surface area contributed by atoms with Crippen molar-refractivity contribution in [3.63, 3.8) is 0 Å². The van der Waals surface area contributed by atoms with Crippen LogP contribution in [0.2, 0.25) is 0 Å². The number of aromatic nitrogens is 5. The van der Waals surface area contributed by atoms with E-state index in [9.17, 15) is 27.5 Å². The van der Waals surface area contributed by atoms with Gasteiger partial charge in [0.05, 0.1) is 4.90 Å². The van der Waals surface area contributed by atoms with Crippen LogP contribution >= 0.6 is 0 Å². The molecule has 0 unspecified atom stereocenters. The maximum absolute atomic E-state index is 13.3. The fourth-order valence-electron chi connectivity index (χ4n) is 2.96. The summed E-state index contributed by atoms with van der Waals surface area (Å²) in [5, 5.41) is 22.5. The number of aromatic amines is 1. The SMILES string of the molecule is O=C(c1ccccc1)c1cc(C(=O)C=C(O)c2nn[nH]n2)n(S(=O)(=O)c2ccc(F)cc2)c1. The van der Waals surface area contributed by atoms with Gasteiger partial charge in [0, 0.05) is 23.4 Å². The molecule has 4 aromatic rings. The van der Waals surface area contributed by atoms with E-state index in [1.165, 1.54) is 12.1 Å². The molecule has 0 saturated carbocycles. The van der Waals surface area contributed by atoms with Crippen molar-refractivity contribution in [3.05, 3.63) is 101 Å². The molecule has 0 radical (unpaired) electrons. The third-order valence-corrected chi connectivity index (χ3v) is 6.24. The minimum Gasteiger partial charge on any atom is -0.504 e. The van der Waals surface area contributed by atoms with Crippen molar-refractivity contribution < 1.29 is 27.5 Å². The number of hydrogen-bond donors (Lipinski definition) is 2. The molecule has 2 aromatic heterocycles. The third kappa shape index (κ3) is 4.32. The number of H-pyrrole nitrogens is 1. The van der Waals surface area contributed by atoms with Crippen molar-refractivity contribution in [3.8, 4) is 0 Å². The molecule has 10 nitrogen and oxygen atoms in total. The van der Waals surface area contributed by atoms with E-state index in [4.69, 9.17) is 0 Å². The molecule has 166 valence electrons. The van der Waals surface area contributed by atoms with Gasteiger partial charge in [-0.25, -0.2) is 16.8 Å². The van der Waals surface area contributed by atoms with E-state index in [1.807, 2.05) is 0 Å². The third-order valence-electron chi connectivity index (χ3n) is 4.55. The number of rotatable bonds is 7. The Balaban J connectivity index is 1.84. The highest BCUT2D eigenvalue weighted by Gasteiger charge is 2.26. The van der Waals surface area contributed by atoms with Crippen LogP contribution in [0.5, 0.6) is 0 Å². The molecule has 0 spiro atoms. The zero-order valence-electron chi connectivity index (χ0n) is 16.6. The van der Waals surface area contributed by atoms with Gasteiger partial charge < -0.3 is 5.11 Å². The molecule has 0 bridgehead atoms. The predicted octanol–water partition coefficient (Wildman–Crippen LogP) is 2.39. The number of hydrogen-bond acceptors (Lipinski definition) is 8. The molecule has 0 fully saturated rings. The number of aliphatic hydroxyl groups is 1. The van der Waals surface area contributed by atoms with Crippen LogP contribution in [-0.2, 0) is 10.0 Å². The summed E-state index contributed by atoms with van der Waals surface area (Å²) in [5.41, 5.74) is -0.241. The Kier molecular flexibility index (Phi) is 5.67. The monoisotopic (exact) mass is 467 g/mol. The molecule has 4 rings (SSSR count). The van der Waals surface area contributed by atoms with Crippen LogP contribution in [0.4, 0.5) is 4.39 Å². The van der Waals surface area contributed by atoms with Gasteiger partial charge in [-0.2, -0.15) is 5.21 Å². The Morgan fingerprint density at radius 2 is 1.73 bits per heavy atom. The second-order valence-corrected chi connectivity index (χ2v) is 8.51. The van der Waals surface area contributed by atoms with Crippen LogP contribution in [0.3, 0.4) is 0 Å². The smallest absolute Gasteiger partial charge is 0.268 e. The zero-order valence-corrected chi connectivity index (χ0v) is 17.4. The summed E-state index contributed by atoms with van der Waals surface area (Å²) in [6.07, 6.45) is 1.70. The van der Waals surface area contributed by atoms with E-state index in [0.717, 1.165) is 36.5 Å². The Hall–Kier alpha value is -4.45. The summed E-state index contributed by atoms with van der Waals surface area (Å²) in [5.74, 6) is -3.08. The fourth-order valence-corrected chi connectivity index (χ4v) is 4.32. The van der Waals surface area contributed by atoms with E-state index in [0.29, 0.717) is 10.0 Å². The summed E-state index contributed by atoms with van der Waals surface area (Å²) in [4.78, 5) is 25.5. The minimum absolute atomic E-state index is 0.0808. The summed E-state index contributed by atoms with van der Waals surface area (Å²) in [7, 11) is -4.40. The summed E-state index contributed by atoms with van der Waals surface area (Å²) >= 11 is 0. The predicted molar refractivity (Wildman–Crippen MR) is 112 cm³/mol. The fraction of sp³-hybridized carbons (Fsp3) is 0. The van der Waals surface area contributed by atoms with Crippen LogP contribution in [-0.4, -0.2) is 49.7 Å². The quantitative estimate of drug-likeness (QED) is 0.239. The van der Waals surface area contributed by atoms with Crippen molar-refractivity contribution >= 4 is 27.3 Å². The highest BCUT2D eigenvalue weighted by Crippen LogP contribution is 2.22. The second kappa shape index (κ2) is 8.59. The van der Waals surface area contributed by atoms with Crippen LogP contribution in [0.1, 0.15) is 32.2 Å². The number of nitrogens with one attached hydrogen (secondary N) is 1. The van der Waals surface area contributed by atoms with Crippen LogP contribution in [0.15, 0.2) is 77.8 Å². The highest BCUT2D eigenvalue weighted by molar-refractivity contribution is 7.90. The molecular weight excluding hydrogens is 453 g/mol. The molecule has 0 atom stereocenters. The molecule has 0 aliphatic rings. The zero-order chi connectivity index (χ0) is 23.6. The minimum atomic E-state index is -4.40. The van der Waals surface area contributed by atoms with E-state index < -0.39 is 38.9 Å². The lowest BCUT2D eigenvalue weighted by atomic mass is 10.1. The maximum Gasteiger partial charge on any atom is 0.268 e. The van der Waals surface area contributed by atoms with Crippen molar-refractivity contribution in [2.45, 2.75) is 4.90 Å². The molecule has 0 saturated heterocycles. The van der Waals surface area contributed by atoms with Crippen molar-refractivity contribution in [2.24, 2.45) is 0 Å². The molecule has 33 heavy (non-hydrogen) atoms. The lowest BCUT2D eigenvalue weighted by Gasteiger charge is -2.09. The first kappa shape index (κ1) is 21.8.